The van der Waals surface area contributed by atoms with Gasteiger partial charge in [-0.3, -0.25) is 9.59 Å². The molecule has 1 fully saturated rings. The molecule has 2 rings (SSSR count). The lowest BCUT2D eigenvalue weighted by atomic mass is 10.1. The van der Waals surface area contributed by atoms with Crippen LogP contribution in [-0.2, 0) is 4.79 Å². The first-order chi connectivity index (χ1) is 9.58. The average Bonchev–Trinajstić information content (AvgIpc) is 2.95. The van der Waals surface area contributed by atoms with E-state index < -0.39 is 0 Å². The summed E-state index contributed by atoms with van der Waals surface area (Å²) in [5.74, 6) is -0.310. The van der Waals surface area contributed by atoms with Crippen molar-refractivity contribution in [2.75, 3.05) is 19.6 Å². The van der Waals surface area contributed by atoms with Gasteiger partial charge in [0, 0.05) is 26.1 Å². The fraction of sp³-hybridized carbons (Fsp3) is 0.467. The minimum absolute atomic E-state index is 0.0426. The second kappa shape index (κ2) is 6.41. The molecular weight excluding hydrogens is 256 g/mol. The zero-order valence-corrected chi connectivity index (χ0v) is 11.7. The van der Waals surface area contributed by atoms with E-state index in [1.54, 1.807) is 12.1 Å². The highest BCUT2D eigenvalue weighted by atomic mass is 16.3. The number of nitrogens with one attached hydrogen (secondary N) is 1. The summed E-state index contributed by atoms with van der Waals surface area (Å²) in [7, 11) is 0. The fourth-order valence-corrected chi connectivity index (χ4v) is 2.33. The second-order valence-electron chi connectivity index (χ2n) is 5.11. The minimum Gasteiger partial charge on any atom is -0.507 e. The number of rotatable bonds is 4. The number of hydrogen-bond acceptors (Lipinski definition) is 3. The van der Waals surface area contributed by atoms with E-state index in [0.29, 0.717) is 13.0 Å². The summed E-state index contributed by atoms with van der Waals surface area (Å²) in [4.78, 5) is 25.6. The van der Waals surface area contributed by atoms with Gasteiger partial charge in [-0.05, 0) is 31.9 Å². The number of nitrogens with zero attached hydrogens (tertiary/aromatic N) is 1. The van der Waals surface area contributed by atoms with Crippen LogP contribution in [0.2, 0.25) is 0 Å². The molecule has 0 spiro atoms. The predicted molar refractivity (Wildman–Crippen MR) is 75.6 cm³/mol. The monoisotopic (exact) mass is 276 g/mol. The van der Waals surface area contributed by atoms with Crippen molar-refractivity contribution in [1.82, 2.24) is 10.2 Å². The molecule has 1 aliphatic heterocycles. The van der Waals surface area contributed by atoms with Crippen molar-refractivity contribution in [3.63, 3.8) is 0 Å². The molecule has 0 unspecified atom stereocenters. The van der Waals surface area contributed by atoms with E-state index >= 15 is 0 Å². The first kappa shape index (κ1) is 14.4. The number of benzene rings is 1. The fourth-order valence-electron chi connectivity index (χ4n) is 2.33. The molecule has 5 nitrogen and oxygen atoms in total. The summed E-state index contributed by atoms with van der Waals surface area (Å²) in [6.45, 7) is 3.80. The highest BCUT2D eigenvalue weighted by Gasteiger charge is 2.18. The highest BCUT2D eigenvalue weighted by Crippen LogP contribution is 2.17. The lowest BCUT2D eigenvalue weighted by Crippen LogP contribution is -2.32. The van der Waals surface area contributed by atoms with E-state index in [0.717, 1.165) is 31.5 Å². The van der Waals surface area contributed by atoms with Crippen LogP contribution in [0.4, 0.5) is 0 Å². The Labute approximate surface area is 118 Å². The molecule has 5 heteroatoms. The number of aryl methyl sites for hydroxylation is 1. The number of carbonyl (C=O) groups is 2. The molecule has 0 bridgehead atoms. The van der Waals surface area contributed by atoms with Gasteiger partial charge in [0.1, 0.15) is 5.75 Å². The SMILES string of the molecule is Cc1ccc(O)c(C(=O)NCCC(=O)N2CCCC2)c1. The maximum Gasteiger partial charge on any atom is 0.255 e. The van der Waals surface area contributed by atoms with Crippen molar-refractivity contribution >= 4 is 11.8 Å². The van der Waals surface area contributed by atoms with Gasteiger partial charge in [0.05, 0.1) is 5.56 Å². The van der Waals surface area contributed by atoms with Crippen molar-refractivity contribution in [2.24, 2.45) is 0 Å². The topological polar surface area (TPSA) is 69.6 Å². The predicted octanol–water partition coefficient (Wildman–Crippen LogP) is 1.44. The zero-order valence-electron chi connectivity index (χ0n) is 11.7. The van der Waals surface area contributed by atoms with Crippen LogP contribution in [0.15, 0.2) is 18.2 Å². The number of hydrogen-bond donors (Lipinski definition) is 2. The van der Waals surface area contributed by atoms with Crippen LogP contribution < -0.4 is 5.32 Å². The van der Waals surface area contributed by atoms with E-state index in [1.807, 2.05) is 11.8 Å². The first-order valence-electron chi connectivity index (χ1n) is 6.93. The third kappa shape index (κ3) is 3.50. The highest BCUT2D eigenvalue weighted by molar-refractivity contribution is 5.97. The number of phenolic OH excluding ortho intramolecular Hbond substituents is 1. The summed E-state index contributed by atoms with van der Waals surface area (Å²) in [6.07, 6.45) is 2.43. The largest absolute Gasteiger partial charge is 0.507 e. The summed E-state index contributed by atoms with van der Waals surface area (Å²) < 4.78 is 0. The zero-order chi connectivity index (χ0) is 14.5. The van der Waals surface area contributed by atoms with Crippen LogP contribution in [0, 0.1) is 6.92 Å². The maximum atomic E-state index is 11.9. The normalized spacial score (nSPS) is 14.3. The van der Waals surface area contributed by atoms with Gasteiger partial charge in [-0.2, -0.15) is 0 Å². The van der Waals surface area contributed by atoms with Crippen molar-refractivity contribution < 1.29 is 14.7 Å². The van der Waals surface area contributed by atoms with Gasteiger partial charge in [-0.1, -0.05) is 11.6 Å². The van der Waals surface area contributed by atoms with Gasteiger partial charge in [-0.15, -0.1) is 0 Å². The molecule has 1 aliphatic rings. The maximum absolute atomic E-state index is 11.9. The van der Waals surface area contributed by atoms with Crippen LogP contribution in [0.25, 0.3) is 0 Å². The third-order valence-corrected chi connectivity index (χ3v) is 3.48. The van der Waals surface area contributed by atoms with E-state index in [1.165, 1.54) is 6.07 Å². The third-order valence-electron chi connectivity index (χ3n) is 3.48. The van der Waals surface area contributed by atoms with Gasteiger partial charge in [-0.25, -0.2) is 0 Å². The van der Waals surface area contributed by atoms with Crippen molar-refractivity contribution in [3.8, 4) is 5.75 Å². The smallest absolute Gasteiger partial charge is 0.255 e. The lowest BCUT2D eigenvalue weighted by Gasteiger charge is -2.15. The summed E-state index contributed by atoms with van der Waals surface area (Å²) in [6, 6.07) is 4.87. The van der Waals surface area contributed by atoms with Gasteiger partial charge in [0.2, 0.25) is 5.91 Å². The first-order valence-corrected chi connectivity index (χ1v) is 6.93. The standard InChI is InChI=1S/C15H20N2O3/c1-11-4-5-13(18)12(10-11)15(20)16-7-6-14(19)17-8-2-3-9-17/h4-5,10,18H,2-3,6-9H2,1H3,(H,16,20). The molecule has 2 N–H and O–H groups in total. The number of aromatic hydroxyl groups is 1. The van der Waals surface area contributed by atoms with Crippen molar-refractivity contribution in [2.45, 2.75) is 26.2 Å². The van der Waals surface area contributed by atoms with E-state index in [2.05, 4.69) is 5.32 Å². The average molecular weight is 276 g/mol. The molecule has 0 saturated carbocycles. The Morgan fingerprint density at radius 2 is 2.00 bits per heavy atom. The Balaban J connectivity index is 1.83. The molecule has 0 aliphatic carbocycles. The van der Waals surface area contributed by atoms with Crippen molar-refractivity contribution in [3.05, 3.63) is 29.3 Å². The van der Waals surface area contributed by atoms with Crippen LogP contribution in [0.1, 0.15) is 35.2 Å². The number of likely N-dealkylation sites (tertiary alicyclic amines) is 1. The summed E-state index contributed by atoms with van der Waals surface area (Å²) in [5.41, 5.74) is 1.15. The van der Waals surface area contributed by atoms with E-state index in [9.17, 15) is 14.7 Å². The Kier molecular flexibility index (Phi) is 4.61. The van der Waals surface area contributed by atoms with Crippen LogP contribution >= 0.6 is 0 Å². The van der Waals surface area contributed by atoms with Gasteiger partial charge >= 0.3 is 0 Å². The molecule has 2 amide bonds. The van der Waals surface area contributed by atoms with E-state index in [4.69, 9.17) is 0 Å². The molecule has 1 heterocycles. The number of phenols is 1. The van der Waals surface area contributed by atoms with Gasteiger partial charge in [0.25, 0.3) is 5.91 Å². The molecule has 0 aromatic heterocycles. The Morgan fingerprint density at radius 3 is 2.70 bits per heavy atom. The summed E-state index contributed by atoms with van der Waals surface area (Å²) in [5, 5.41) is 12.3. The van der Waals surface area contributed by atoms with Gasteiger partial charge in [0.15, 0.2) is 0 Å². The lowest BCUT2D eigenvalue weighted by molar-refractivity contribution is -0.129. The minimum atomic E-state index is -0.347. The van der Waals surface area contributed by atoms with E-state index in [-0.39, 0.29) is 23.1 Å². The van der Waals surface area contributed by atoms with Crippen molar-refractivity contribution in [1.29, 1.82) is 0 Å². The number of carbonyl (C=O) groups excluding carboxylic acids is 2. The molecular formula is C15H20N2O3. The molecule has 0 atom stereocenters. The Hall–Kier alpha value is -2.04. The molecule has 0 radical (unpaired) electrons. The number of amides is 2. The molecule has 108 valence electrons. The summed E-state index contributed by atoms with van der Waals surface area (Å²) >= 11 is 0. The molecule has 1 aromatic carbocycles. The molecule has 1 aromatic rings. The van der Waals surface area contributed by atoms with Crippen LogP contribution in [0.3, 0.4) is 0 Å². The van der Waals surface area contributed by atoms with Crippen LogP contribution in [-0.4, -0.2) is 41.5 Å². The second-order valence-corrected chi connectivity index (χ2v) is 5.11. The van der Waals surface area contributed by atoms with Gasteiger partial charge < -0.3 is 15.3 Å². The molecule has 1 saturated heterocycles. The molecule has 20 heavy (non-hydrogen) atoms. The Morgan fingerprint density at radius 1 is 1.30 bits per heavy atom. The Bertz CT molecular complexity index is 508. The van der Waals surface area contributed by atoms with Crippen LogP contribution in [0.5, 0.6) is 5.75 Å². The quantitative estimate of drug-likeness (QED) is 0.874.